The number of rotatable bonds is 8. The van der Waals surface area contributed by atoms with Crippen molar-refractivity contribution in [1.82, 2.24) is 24.8 Å². The number of ether oxygens (including phenoxy) is 1. The molecule has 1 fully saturated rings. The predicted octanol–water partition coefficient (Wildman–Crippen LogP) is 3.85. The normalized spacial score (nSPS) is 13.6. The van der Waals surface area contributed by atoms with Crippen molar-refractivity contribution in [3.05, 3.63) is 67.5 Å². The molecule has 4 aromatic rings. The van der Waals surface area contributed by atoms with Crippen molar-refractivity contribution in [3.63, 3.8) is 0 Å². The number of likely N-dealkylation sites (tertiary alicyclic amines) is 1. The zero-order valence-corrected chi connectivity index (χ0v) is 21.3. The maximum absolute atomic E-state index is 13.9. The van der Waals surface area contributed by atoms with Crippen LogP contribution in [0.25, 0.3) is 22.2 Å². The van der Waals surface area contributed by atoms with E-state index in [9.17, 15) is 9.18 Å². The molecule has 4 heterocycles. The quantitative estimate of drug-likeness (QED) is 0.339. The third-order valence-electron chi connectivity index (χ3n) is 6.46. The van der Waals surface area contributed by atoms with Crippen LogP contribution in [0.1, 0.15) is 0 Å². The summed E-state index contributed by atoms with van der Waals surface area (Å²) in [5, 5.41) is 6.83. The summed E-state index contributed by atoms with van der Waals surface area (Å²) < 4.78 is 19.5. The molecule has 11 heteroatoms. The van der Waals surface area contributed by atoms with Crippen LogP contribution in [0, 0.1) is 5.82 Å². The molecule has 5 rings (SSSR count). The van der Waals surface area contributed by atoms with Gasteiger partial charge < -0.3 is 25.2 Å². The number of anilines is 4. The van der Waals surface area contributed by atoms with E-state index in [1.807, 2.05) is 13.1 Å². The van der Waals surface area contributed by atoms with Crippen molar-refractivity contribution in [2.75, 3.05) is 49.8 Å². The van der Waals surface area contributed by atoms with E-state index in [-0.39, 0.29) is 11.9 Å². The van der Waals surface area contributed by atoms with Crippen LogP contribution in [0.4, 0.5) is 27.4 Å². The number of nitrogens with one attached hydrogen (secondary N) is 2. The second-order valence-electron chi connectivity index (χ2n) is 9.06. The van der Waals surface area contributed by atoms with Crippen molar-refractivity contribution in [3.8, 4) is 17.0 Å². The minimum absolute atomic E-state index is 0.275. The topological polar surface area (TPSA) is 108 Å². The fraction of sp³-hybridized carbons (Fsp3) is 0.222. The molecule has 0 radical (unpaired) electrons. The van der Waals surface area contributed by atoms with Gasteiger partial charge >= 0.3 is 0 Å². The number of pyridine rings is 2. The Bertz CT molecular complexity index is 1520. The average Bonchev–Trinajstić information content (AvgIpc) is 2.90. The highest BCUT2D eigenvalue weighted by Crippen LogP contribution is 2.39. The van der Waals surface area contributed by atoms with E-state index in [1.165, 1.54) is 18.3 Å². The monoisotopic (exact) mass is 514 g/mol. The first-order valence-corrected chi connectivity index (χ1v) is 11.9. The summed E-state index contributed by atoms with van der Waals surface area (Å²) in [6.07, 6.45) is 7.17. The Morgan fingerprint density at radius 2 is 2.03 bits per heavy atom. The van der Waals surface area contributed by atoms with Gasteiger partial charge in [0, 0.05) is 55.7 Å². The number of nitrogens with zero attached hydrogens (tertiary/aromatic N) is 6. The van der Waals surface area contributed by atoms with E-state index in [4.69, 9.17) is 4.74 Å². The molecule has 0 aliphatic carbocycles. The van der Waals surface area contributed by atoms with Crippen LogP contribution >= 0.6 is 0 Å². The first-order valence-electron chi connectivity index (χ1n) is 11.9. The van der Waals surface area contributed by atoms with Crippen LogP contribution in [-0.4, -0.2) is 71.1 Å². The van der Waals surface area contributed by atoms with Gasteiger partial charge in [-0.05, 0) is 31.3 Å². The van der Waals surface area contributed by atoms with Gasteiger partial charge in [-0.15, -0.1) is 0 Å². The third-order valence-corrected chi connectivity index (χ3v) is 6.46. The van der Waals surface area contributed by atoms with Gasteiger partial charge in [-0.2, -0.15) is 0 Å². The van der Waals surface area contributed by atoms with Crippen molar-refractivity contribution in [2.24, 2.45) is 0 Å². The van der Waals surface area contributed by atoms with Gasteiger partial charge in [-0.1, -0.05) is 6.58 Å². The molecule has 0 bridgehead atoms. The number of amides is 1. The van der Waals surface area contributed by atoms with Crippen molar-refractivity contribution in [1.29, 1.82) is 0 Å². The fourth-order valence-electron chi connectivity index (χ4n) is 4.41. The van der Waals surface area contributed by atoms with Crippen molar-refractivity contribution in [2.45, 2.75) is 6.04 Å². The number of methoxy groups -OCH3 is 1. The van der Waals surface area contributed by atoms with E-state index in [2.05, 4.69) is 54.0 Å². The zero-order chi connectivity index (χ0) is 26.8. The number of likely N-dealkylation sites (N-methyl/N-ethyl adjacent to an activating group) is 2. The number of hydrogen-bond acceptors (Lipinski definition) is 9. The minimum Gasteiger partial charge on any atom is -0.494 e. The molecule has 2 N–H and O–H groups in total. The van der Waals surface area contributed by atoms with Gasteiger partial charge in [0.25, 0.3) is 0 Å². The first-order chi connectivity index (χ1) is 18.4. The molecule has 3 aromatic heterocycles. The van der Waals surface area contributed by atoms with Crippen molar-refractivity contribution < 1.29 is 13.9 Å². The fourth-order valence-corrected chi connectivity index (χ4v) is 4.41. The summed E-state index contributed by atoms with van der Waals surface area (Å²) in [6.45, 7) is 5.39. The Morgan fingerprint density at radius 1 is 1.21 bits per heavy atom. The van der Waals surface area contributed by atoms with Crippen LogP contribution in [-0.2, 0) is 4.79 Å². The number of halogens is 1. The number of hydrogen-bond donors (Lipinski definition) is 2. The Labute approximate surface area is 219 Å². The molecular formula is C27H27FN8O2. The molecule has 0 atom stereocenters. The largest absolute Gasteiger partial charge is 0.494 e. The Balaban J connectivity index is 1.54. The molecule has 1 aliphatic rings. The molecule has 38 heavy (non-hydrogen) atoms. The highest BCUT2D eigenvalue weighted by Gasteiger charge is 2.29. The molecule has 0 spiro atoms. The Morgan fingerprint density at radius 3 is 2.74 bits per heavy atom. The summed E-state index contributed by atoms with van der Waals surface area (Å²) in [5.41, 5.74) is 3.46. The summed E-state index contributed by atoms with van der Waals surface area (Å²) in [7, 11) is 5.63. The number of benzene rings is 1. The van der Waals surface area contributed by atoms with E-state index < -0.39 is 5.82 Å². The van der Waals surface area contributed by atoms with Gasteiger partial charge in [-0.3, -0.25) is 14.8 Å². The lowest BCUT2D eigenvalue weighted by Gasteiger charge is -2.43. The van der Waals surface area contributed by atoms with Gasteiger partial charge in [0.05, 0.1) is 42.1 Å². The van der Waals surface area contributed by atoms with Crippen LogP contribution < -0.4 is 20.3 Å². The molecule has 194 valence electrons. The molecular weight excluding hydrogens is 487 g/mol. The van der Waals surface area contributed by atoms with Gasteiger partial charge in [-0.25, -0.2) is 14.4 Å². The average molecular weight is 515 g/mol. The Kier molecular flexibility index (Phi) is 6.84. The van der Waals surface area contributed by atoms with Gasteiger partial charge in [0.2, 0.25) is 11.9 Å². The third kappa shape index (κ3) is 4.96. The predicted molar refractivity (Wildman–Crippen MR) is 145 cm³/mol. The molecule has 1 aromatic carbocycles. The molecule has 0 unspecified atom stereocenters. The summed E-state index contributed by atoms with van der Waals surface area (Å²) in [4.78, 5) is 34.0. The number of aromatic nitrogens is 4. The standard InChI is InChI=1S/C27H27FN8O2/c1-5-24(37)32-20-9-21(23(38-4)10-22(20)36(3)19-14-35(2)15-19)33-27-31-12-16-6-7-30-25(26(16)34-27)17-8-18(28)13-29-11-17/h5-13,19H,1,14-15H2,2-4H3,(H,32,37)(H,31,33,34). The maximum Gasteiger partial charge on any atom is 0.247 e. The molecule has 0 saturated carbocycles. The van der Waals surface area contributed by atoms with Crippen LogP contribution in [0.15, 0.2) is 61.7 Å². The van der Waals surface area contributed by atoms with E-state index >= 15 is 0 Å². The van der Waals surface area contributed by atoms with Crippen molar-refractivity contribution >= 4 is 39.8 Å². The molecule has 1 amide bonds. The number of carbonyl (C=O) groups excluding carboxylic acids is 1. The van der Waals surface area contributed by atoms with Crippen LogP contribution in [0.5, 0.6) is 5.75 Å². The lowest BCUT2D eigenvalue weighted by Crippen LogP contribution is -2.56. The van der Waals surface area contributed by atoms with Gasteiger partial charge in [0.1, 0.15) is 17.1 Å². The summed E-state index contributed by atoms with van der Waals surface area (Å²) in [6, 6.07) is 7.09. The highest BCUT2D eigenvalue weighted by atomic mass is 19.1. The number of carbonyl (C=O) groups is 1. The second kappa shape index (κ2) is 10.4. The Hall–Kier alpha value is -4.64. The van der Waals surface area contributed by atoms with E-state index in [0.29, 0.717) is 39.9 Å². The summed E-state index contributed by atoms with van der Waals surface area (Å²) in [5.74, 6) is 0.0201. The lowest BCUT2D eigenvalue weighted by atomic mass is 10.1. The highest BCUT2D eigenvalue weighted by molar-refractivity contribution is 6.02. The maximum atomic E-state index is 13.9. The van der Waals surface area contributed by atoms with Gasteiger partial charge in [0.15, 0.2) is 0 Å². The molecule has 10 nitrogen and oxygen atoms in total. The summed E-state index contributed by atoms with van der Waals surface area (Å²) >= 11 is 0. The van der Waals surface area contributed by atoms with Crippen LogP contribution in [0.2, 0.25) is 0 Å². The van der Waals surface area contributed by atoms with Crippen LogP contribution in [0.3, 0.4) is 0 Å². The molecule has 1 saturated heterocycles. The SMILES string of the molecule is C=CC(=O)Nc1cc(Nc2ncc3ccnc(-c4cncc(F)c4)c3n2)c(OC)cc1N(C)C1CN(C)C1. The minimum atomic E-state index is -0.467. The van der Waals surface area contributed by atoms with E-state index in [1.54, 1.807) is 31.6 Å². The first kappa shape index (κ1) is 25.0. The smallest absolute Gasteiger partial charge is 0.247 e. The molecule has 1 aliphatic heterocycles. The second-order valence-corrected chi connectivity index (χ2v) is 9.06. The zero-order valence-electron chi connectivity index (χ0n) is 21.3. The number of fused-ring (bicyclic) bond motifs is 1. The lowest BCUT2D eigenvalue weighted by molar-refractivity contribution is -0.111. The van der Waals surface area contributed by atoms with E-state index in [0.717, 1.165) is 30.4 Å².